The van der Waals surface area contributed by atoms with Crippen molar-refractivity contribution in [2.45, 2.75) is 39.7 Å². The minimum atomic E-state index is -0.199. The molecule has 0 atom stereocenters. The van der Waals surface area contributed by atoms with E-state index in [1.54, 1.807) is 20.0 Å². The Bertz CT molecular complexity index is 696. The number of hydrogen-bond acceptors (Lipinski definition) is 4. The number of hydrogen-bond donors (Lipinski definition) is 2. The van der Waals surface area contributed by atoms with E-state index in [2.05, 4.69) is 25.8 Å². The highest BCUT2D eigenvalue weighted by Gasteiger charge is 2.09. The zero-order valence-corrected chi connectivity index (χ0v) is 14.6. The fourth-order valence-corrected chi connectivity index (χ4v) is 2.04. The van der Waals surface area contributed by atoms with Gasteiger partial charge in [0.15, 0.2) is 11.8 Å². The summed E-state index contributed by atoms with van der Waals surface area (Å²) in [5.41, 5.74) is 1.50. The van der Waals surface area contributed by atoms with E-state index in [0.29, 0.717) is 42.7 Å². The number of aliphatic imine (C=N–C) groups is 1. The Hall–Kier alpha value is -2.44. The van der Waals surface area contributed by atoms with Crippen molar-refractivity contribution >= 4 is 5.96 Å². The van der Waals surface area contributed by atoms with E-state index < -0.39 is 0 Å². The van der Waals surface area contributed by atoms with Gasteiger partial charge in [-0.2, -0.15) is 4.98 Å². The van der Waals surface area contributed by atoms with E-state index in [9.17, 15) is 4.39 Å². The maximum absolute atomic E-state index is 13.5. The highest BCUT2D eigenvalue weighted by Crippen LogP contribution is 2.10. The van der Waals surface area contributed by atoms with Crippen LogP contribution in [-0.2, 0) is 13.0 Å². The number of halogens is 1. The minimum absolute atomic E-state index is 0.199. The third-order valence-electron chi connectivity index (χ3n) is 3.55. The molecule has 24 heavy (non-hydrogen) atoms. The number of nitrogens with zero attached hydrogens (tertiary/aromatic N) is 3. The molecule has 0 saturated carbocycles. The minimum Gasteiger partial charge on any atom is -0.356 e. The van der Waals surface area contributed by atoms with Crippen molar-refractivity contribution in [2.75, 3.05) is 13.6 Å². The van der Waals surface area contributed by atoms with E-state index >= 15 is 0 Å². The second-order valence-corrected chi connectivity index (χ2v) is 5.89. The average molecular weight is 333 g/mol. The van der Waals surface area contributed by atoms with Crippen LogP contribution >= 0.6 is 0 Å². The van der Waals surface area contributed by atoms with Crippen molar-refractivity contribution in [1.29, 1.82) is 0 Å². The first-order valence-electron chi connectivity index (χ1n) is 8.01. The van der Waals surface area contributed by atoms with Gasteiger partial charge in [-0.15, -0.1) is 0 Å². The van der Waals surface area contributed by atoms with Crippen LogP contribution in [0.4, 0.5) is 4.39 Å². The van der Waals surface area contributed by atoms with E-state index in [-0.39, 0.29) is 11.7 Å². The summed E-state index contributed by atoms with van der Waals surface area (Å²) >= 11 is 0. The molecule has 0 amide bonds. The number of guanidine groups is 1. The first kappa shape index (κ1) is 17.9. The van der Waals surface area contributed by atoms with Gasteiger partial charge < -0.3 is 15.2 Å². The summed E-state index contributed by atoms with van der Waals surface area (Å²) in [4.78, 5) is 8.47. The molecule has 0 aliphatic carbocycles. The molecule has 0 bridgehead atoms. The molecular formula is C17H24FN5O. The van der Waals surface area contributed by atoms with Crippen LogP contribution in [0.25, 0.3) is 0 Å². The number of nitrogens with one attached hydrogen (secondary N) is 2. The zero-order valence-electron chi connectivity index (χ0n) is 14.6. The third-order valence-corrected chi connectivity index (χ3v) is 3.55. The Morgan fingerprint density at radius 2 is 2.12 bits per heavy atom. The van der Waals surface area contributed by atoms with Crippen molar-refractivity contribution in [2.24, 2.45) is 4.99 Å². The molecule has 0 spiro atoms. The molecule has 130 valence electrons. The molecule has 0 radical (unpaired) electrons. The quantitative estimate of drug-likeness (QED) is 0.628. The Morgan fingerprint density at radius 1 is 1.33 bits per heavy atom. The Labute approximate surface area is 141 Å². The van der Waals surface area contributed by atoms with Crippen LogP contribution in [0.3, 0.4) is 0 Å². The molecule has 1 aromatic carbocycles. The van der Waals surface area contributed by atoms with Gasteiger partial charge in [-0.3, -0.25) is 4.99 Å². The van der Waals surface area contributed by atoms with Crippen LogP contribution in [0.15, 0.2) is 27.7 Å². The zero-order chi connectivity index (χ0) is 17.5. The summed E-state index contributed by atoms with van der Waals surface area (Å²) in [7, 11) is 1.69. The van der Waals surface area contributed by atoms with Crippen molar-refractivity contribution in [3.63, 3.8) is 0 Å². The molecule has 6 nitrogen and oxygen atoms in total. The van der Waals surface area contributed by atoms with Crippen LogP contribution in [0.5, 0.6) is 0 Å². The van der Waals surface area contributed by atoms with Crippen molar-refractivity contribution in [1.82, 2.24) is 20.8 Å². The molecule has 0 saturated heterocycles. The number of aryl methyl sites for hydroxylation is 1. The van der Waals surface area contributed by atoms with Gasteiger partial charge in [0.2, 0.25) is 5.89 Å². The number of rotatable bonds is 6. The summed E-state index contributed by atoms with van der Waals surface area (Å²) < 4.78 is 18.7. The van der Waals surface area contributed by atoms with E-state index in [4.69, 9.17) is 4.52 Å². The molecule has 1 aromatic heterocycles. The van der Waals surface area contributed by atoms with Gasteiger partial charge >= 0.3 is 0 Å². The van der Waals surface area contributed by atoms with Crippen molar-refractivity contribution in [3.05, 3.63) is 46.9 Å². The number of aromatic nitrogens is 2. The lowest BCUT2D eigenvalue weighted by molar-refractivity contribution is 0.371. The molecular weight excluding hydrogens is 309 g/mol. The Balaban J connectivity index is 1.78. The van der Waals surface area contributed by atoms with Crippen molar-refractivity contribution in [3.8, 4) is 0 Å². The summed E-state index contributed by atoms with van der Waals surface area (Å²) in [5.74, 6) is 2.00. The molecule has 1 heterocycles. The molecule has 7 heteroatoms. The smallest absolute Gasteiger partial charge is 0.228 e. The predicted molar refractivity (Wildman–Crippen MR) is 91.4 cm³/mol. The maximum Gasteiger partial charge on any atom is 0.228 e. The largest absolute Gasteiger partial charge is 0.356 e. The molecule has 2 aromatic rings. The topological polar surface area (TPSA) is 75.3 Å². The molecule has 2 rings (SSSR count). The van der Waals surface area contributed by atoms with Gasteiger partial charge in [-0.25, -0.2) is 4.39 Å². The van der Waals surface area contributed by atoms with Crippen LogP contribution < -0.4 is 10.6 Å². The molecule has 0 fully saturated rings. The van der Waals surface area contributed by atoms with Gasteiger partial charge in [0.1, 0.15) is 5.82 Å². The SMILES string of the molecule is CN=C(NCCc1nc(C(C)C)no1)NCc1ccc(C)c(F)c1. The molecule has 0 unspecified atom stereocenters. The fourth-order valence-electron chi connectivity index (χ4n) is 2.04. The average Bonchev–Trinajstić information content (AvgIpc) is 3.03. The van der Waals surface area contributed by atoms with Crippen LogP contribution in [-0.4, -0.2) is 29.7 Å². The highest BCUT2D eigenvalue weighted by molar-refractivity contribution is 5.79. The summed E-state index contributed by atoms with van der Waals surface area (Å²) in [6.45, 7) is 6.89. The lowest BCUT2D eigenvalue weighted by Gasteiger charge is -2.11. The normalized spacial score (nSPS) is 11.8. The fraction of sp³-hybridized carbons (Fsp3) is 0.471. The Kier molecular flexibility index (Phi) is 6.28. The van der Waals surface area contributed by atoms with Gasteiger partial charge in [0, 0.05) is 32.5 Å². The van der Waals surface area contributed by atoms with Gasteiger partial charge in [0.25, 0.3) is 0 Å². The maximum atomic E-state index is 13.5. The molecule has 2 N–H and O–H groups in total. The second-order valence-electron chi connectivity index (χ2n) is 5.89. The summed E-state index contributed by atoms with van der Waals surface area (Å²) in [6, 6.07) is 5.19. The summed E-state index contributed by atoms with van der Waals surface area (Å²) in [6.07, 6.45) is 0.611. The van der Waals surface area contributed by atoms with Crippen LogP contribution in [0.1, 0.15) is 42.6 Å². The van der Waals surface area contributed by atoms with E-state index in [1.807, 2.05) is 19.9 Å². The highest BCUT2D eigenvalue weighted by atomic mass is 19.1. The van der Waals surface area contributed by atoms with Crippen LogP contribution in [0.2, 0.25) is 0 Å². The number of benzene rings is 1. The van der Waals surface area contributed by atoms with E-state index in [1.165, 1.54) is 6.07 Å². The standard InChI is InChI=1S/C17H24FN5O/c1-11(2)16-22-15(24-23-16)7-8-20-17(19-4)21-10-13-6-5-12(3)14(18)9-13/h5-6,9,11H,7-8,10H2,1-4H3,(H2,19,20,21). The predicted octanol–water partition coefficient (Wildman–Crippen LogP) is 2.55. The lowest BCUT2D eigenvalue weighted by Crippen LogP contribution is -2.37. The monoisotopic (exact) mass is 333 g/mol. The van der Waals surface area contributed by atoms with Crippen LogP contribution in [0, 0.1) is 12.7 Å². The second kappa shape index (κ2) is 8.42. The first-order valence-corrected chi connectivity index (χ1v) is 8.01. The van der Waals surface area contributed by atoms with Gasteiger partial charge in [0.05, 0.1) is 0 Å². The molecule has 0 aliphatic rings. The summed E-state index contributed by atoms with van der Waals surface area (Å²) in [5, 5.41) is 10.2. The third kappa shape index (κ3) is 5.04. The van der Waals surface area contributed by atoms with E-state index in [0.717, 1.165) is 5.56 Å². The molecule has 0 aliphatic heterocycles. The van der Waals surface area contributed by atoms with Gasteiger partial charge in [-0.05, 0) is 24.1 Å². The lowest BCUT2D eigenvalue weighted by atomic mass is 10.1. The first-order chi connectivity index (χ1) is 11.5. The Morgan fingerprint density at radius 3 is 2.75 bits per heavy atom. The van der Waals surface area contributed by atoms with Gasteiger partial charge in [-0.1, -0.05) is 31.1 Å². The van der Waals surface area contributed by atoms with Crippen molar-refractivity contribution < 1.29 is 8.91 Å².